The van der Waals surface area contributed by atoms with Gasteiger partial charge in [0.05, 0.1) is 0 Å². The highest BCUT2D eigenvalue weighted by molar-refractivity contribution is 5.97. The Morgan fingerprint density at radius 2 is 2.19 bits per heavy atom. The molecule has 2 rings (SSSR count). The molecule has 0 atom stereocenters. The van der Waals surface area contributed by atoms with Crippen molar-refractivity contribution in [1.82, 2.24) is 14.7 Å². The van der Waals surface area contributed by atoms with E-state index >= 15 is 0 Å². The van der Waals surface area contributed by atoms with E-state index in [4.69, 9.17) is 5.73 Å². The topological polar surface area (TPSA) is 81.2 Å². The fourth-order valence-corrected chi connectivity index (χ4v) is 1.60. The maximum atomic E-state index is 12.0. The van der Waals surface area contributed by atoms with E-state index in [0.717, 1.165) is 12.8 Å². The van der Waals surface area contributed by atoms with Gasteiger partial charge < -0.3 is 10.6 Å². The molecule has 0 unspecified atom stereocenters. The van der Waals surface area contributed by atoms with Gasteiger partial charge in [-0.1, -0.05) is 0 Å². The lowest BCUT2D eigenvalue weighted by atomic mass is 10.3. The van der Waals surface area contributed by atoms with Gasteiger partial charge in [0.2, 0.25) is 0 Å². The first-order valence-corrected chi connectivity index (χ1v) is 5.11. The highest BCUT2D eigenvalue weighted by atomic mass is 16.2. The molecule has 16 heavy (non-hydrogen) atoms. The number of aromatic nitrogens is 2. The molecule has 1 heterocycles. The fraction of sp³-hybridized carbons (Fsp3) is 0.500. The minimum absolute atomic E-state index is 0.120. The third-order valence-electron chi connectivity index (χ3n) is 2.77. The van der Waals surface area contributed by atoms with Crippen molar-refractivity contribution in [3.63, 3.8) is 0 Å². The average Bonchev–Trinajstić information content (AvgIpc) is 2.99. The molecule has 0 aliphatic heterocycles. The summed E-state index contributed by atoms with van der Waals surface area (Å²) >= 11 is 0. The second kappa shape index (κ2) is 3.62. The quantitative estimate of drug-likeness (QED) is 0.765. The summed E-state index contributed by atoms with van der Waals surface area (Å²) in [4.78, 5) is 24.6. The second-order valence-electron chi connectivity index (χ2n) is 4.05. The van der Waals surface area contributed by atoms with Crippen molar-refractivity contribution >= 4 is 11.8 Å². The number of rotatable bonds is 3. The third kappa shape index (κ3) is 1.78. The molecule has 0 spiro atoms. The monoisotopic (exact) mass is 222 g/mol. The molecule has 0 saturated heterocycles. The average molecular weight is 222 g/mol. The molecule has 0 aromatic carbocycles. The van der Waals surface area contributed by atoms with Crippen LogP contribution in [-0.2, 0) is 7.05 Å². The predicted octanol–water partition coefficient (Wildman–Crippen LogP) is -0.247. The Balaban J connectivity index is 2.25. The van der Waals surface area contributed by atoms with E-state index < -0.39 is 5.91 Å². The van der Waals surface area contributed by atoms with Gasteiger partial charge in [0.25, 0.3) is 11.8 Å². The standard InChI is InChI=1S/C10H14N4O2/c1-13(6-3-4-6)10(16)8-5-7(9(11)15)12-14(8)2/h5-6H,3-4H2,1-2H3,(H2,11,15). The van der Waals surface area contributed by atoms with Crippen molar-refractivity contribution in [2.75, 3.05) is 7.05 Å². The number of amides is 2. The molecule has 86 valence electrons. The van der Waals surface area contributed by atoms with Gasteiger partial charge in [-0.3, -0.25) is 14.3 Å². The van der Waals surface area contributed by atoms with Crippen LogP contribution in [0.15, 0.2) is 6.07 Å². The number of nitrogens with two attached hydrogens (primary N) is 1. The van der Waals surface area contributed by atoms with Crippen LogP contribution in [0.1, 0.15) is 33.8 Å². The molecule has 1 aromatic rings. The van der Waals surface area contributed by atoms with Crippen LogP contribution in [0.5, 0.6) is 0 Å². The smallest absolute Gasteiger partial charge is 0.272 e. The molecule has 6 heteroatoms. The van der Waals surface area contributed by atoms with Crippen LogP contribution in [0.3, 0.4) is 0 Å². The molecule has 1 aromatic heterocycles. The molecular formula is C10H14N4O2. The Bertz CT molecular complexity index is 448. The summed E-state index contributed by atoms with van der Waals surface area (Å²) in [5.41, 5.74) is 5.62. The maximum absolute atomic E-state index is 12.0. The van der Waals surface area contributed by atoms with Crippen LogP contribution in [0.25, 0.3) is 0 Å². The number of aryl methyl sites for hydroxylation is 1. The van der Waals surface area contributed by atoms with Crippen LogP contribution in [0.2, 0.25) is 0 Å². The van der Waals surface area contributed by atoms with E-state index in [2.05, 4.69) is 5.10 Å². The normalized spacial score (nSPS) is 14.9. The summed E-state index contributed by atoms with van der Waals surface area (Å²) in [6.45, 7) is 0. The van der Waals surface area contributed by atoms with Crippen LogP contribution in [0, 0.1) is 0 Å². The highest BCUT2D eigenvalue weighted by Crippen LogP contribution is 2.26. The lowest BCUT2D eigenvalue weighted by Crippen LogP contribution is -2.30. The molecule has 6 nitrogen and oxygen atoms in total. The number of carbonyl (C=O) groups is 2. The minimum Gasteiger partial charge on any atom is -0.364 e. The van der Waals surface area contributed by atoms with Gasteiger partial charge in [-0.2, -0.15) is 5.10 Å². The molecule has 2 amide bonds. The molecule has 0 bridgehead atoms. The molecule has 2 N–H and O–H groups in total. The van der Waals surface area contributed by atoms with Crippen molar-refractivity contribution in [2.24, 2.45) is 12.8 Å². The number of nitrogens with zero attached hydrogens (tertiary/aromatic N) is 3. The molecule has 1 aliphatic rings. The van der Waals surface area contributed by atoms with Crippen molar-refractivity contribution < 1.29 is 9.59 Å². The van der Waals surface area contributed by atoms with Crippen molar-refractivity contribution in [3.8, 4) is 0 Å². The first-order valence-electron chi connectivity index (χ1n) is 5.11. The number of primary amides is 1. The van der Waals surface area contributed by atoms with Gasteiger partial charge in [0.15, 0.2) is 5.69 Å². The van der Waals surface area contributed by atoms with E-state index in [0.29, 0.717) is 11.7 Å². The van der Waals surface area contributed by atoms with Gasteiger partial charge in [-0.05, 0) is 12.8 Å². The van der Waals surface area contributed by atoms with Gasteiger partial charge in [0.1, 0.15) is 5.69 Å². The van der Waals surface area contributed by atoms with Crippen molar-refractivity contribution in [2.45, 2.75) is 18.9 Å². The van der Waals surface area contributed by atoms with Crippen LogP contribution >= 0.6 is 0 Å². The summed E-state index contributed by atoms with van der Waals surface area (Å²) in [5, 5.41) is 3.89. The number of hydrogen-bond acceptors (Lipinski definition) is 3. The number of carbonyl (C=O) groups excluding carboxylic acids is 2. The van der Waals surface area contributed by atoms with Crippen LogP contribution in [0.4, 0.5) is 0 Å². The fourth-order valence-electron chi connectivity index (χ4n) is 1.60. The van der Waals surface area contributed by atoms with E-state index in [1.54, 1.807) is 19.0 Å². The van der Waals surface area contributed by atoms with E-state index in [1.165, 1.54) is 10.7 Å². The lowest BCUT2D eigenvalue weighted by molar-refractivity contribution is 0.0774. The summed E-state index contributed by atoms with van der Waals surface area (Å²) in [6, 6.07) is 1.77. The Labute approximate surface area is 93.0 Å². The Morgan fingerprint density at radius 3 is 2.62 bits per heavy atom. The van der Waals surface area contributed by atoms with E-state index in [9.17, 15) is 9.59 Å². The van der Waals surface area contributed by atoms with Crippen molar-refractivity contribution in [3.05, 3.63) is 17.5 Å². The predicted molar refractivity (Wildman–Crippen MR) is 56.8 cm³/mol. The molecule has 0 radical (unpaired) electrons. The second-order valence-corrected chi connectivity index (χ2v) is 4.05. The summed E-state index contributed by atoms with van der Waals surface area (Å²) < 4.78 is 1.39. The number of hydrogen-bond donors (Lipinski definition) is 1. The van der Waals surface area contributed by atoms with Gasteiger partial charge in [-0.25, -0.2) is 0 Å². The first-order chi connectivity index (χ1) is 7.50. The Kier molecular flexibility index (Phi) is 2.41. The molecule has 1 saturated carbocycles. The highest BCUT2D eigenvalue weighted by Gasteiger charge is 2.31. The SMILES string of the molecule is CN(C(=O)c1cc(C(N)=O)nn1C)C1CC1. The largest absolute Gasteiger partial charge is 0.364 e. The zero-order valence-corrected chi connectivity index (χ0v) is 9.30. The summed E-state index contributed by atoms with van der Waals surface area (Å²) in [5.74, 6) is -0.742. The van der Waals surface area contributed by atoms with E-state index in [-0.39, 0.29) is 11.6 Å². The van der Waals surface area contributed by atoms with Gasteiger partial charge >= 0.3 is 0 Å². The third-order valence-corrected chi connectivity index (χ3v) is 2.77. The Morgan fingerprint density at radius 1 is 1.56 bits per heavy atom. The zero-order chi connectivity index (χ0) is 11.9. The Hall–Kier alpha value is -1.85. The first kappa shape index (κ1) is 10.7. The maximum Gasteiger partial charge on any atom is 0.272 e. The van der Waals surface area contributed by atoms with Crippen LogP contribution < -0.4 is 5.73 Å². The molecule has 1 aliphatic carbocycles. The lowest BCUT2D eigenvalue weighted by Gasteiger charge is -2.15. The zero-order valence-electron chi connectivity index (χ0n) is 9.30. The van der Waals surface area contributed by atoms with Crippen LogP contribution in [-0.4, -0.2) is 39.6 Å². The minimum atomic E-state index is -0.622. The van der Waals surface area contributed by atoms with Crippen molar-refractivity contribution in [1.29, 1.82) is 0 Å². The van der Waals surface area contributed by atoms with Gasteiger partial charge in [-0.15, -0.1) is 0 Å². The molecular weight excluding hydrogens is 208 g/mol. The summed E-state index contributed by atoms with van der Waals surface area (Å²) in [7, 11) is 3.39. The van der Waals surface area contributed by atoms with Gasteiger partial charge in [0, 0.05) is 26.2 Å². The van der Waals surface area contributed by atoms with E-state index in [1.807, 2.05) is 0 Å². The summed E-state index contributed by atoms with van der Waals surface area (Å²) in [6.07, 6.45) is 2.09. The molecule has 1 fully saturated rings.